The SMILES string of the molecule is Nc1ccc(C(N)c2c[nH]c3ccccc23)cc1. The van der Waals surface area contributed by atoms with E-state index in [-0.39, 0.29) is 6.04 Å². The van der Waals surface area contributed by atoms with Crippen molar-refractivity contribution in [1.29, 1.82) is 0 Å². The smallest absolute Gasteiger partial charge is 0.0572 e. The lowest BCUT2D eigenvalue weighted by atomic mass is 9.99. The van der Waals surface area contributed by atoms with Crippen LogP contribution in [0, 0.1) is 0 Å². The number of hydrogen-bond donors (Lipinski definition) is 3. The largest absolute Gasteiger partial charge is 0.399 e. The van der Waals surface area contributed by atoms with Gasteiger partial charge in [0.05, 0.1) is 6.04 Å². The predicted octanol–water partition coefficient (Wildman–Crippen LogP) is 2.80. The van der Waals surface area contributed by atoms with Crippen molar-refractivity contribution in [2.24, 2.45) is 5.73 Å². The Labute approximate surface area is 105 Å². The molecule has 0 aliphatic heterocycles. The Bertz CT molecular complexity index is 668. The Morgan fingerprint density at radius 1 is 0.944 bits per heavy atom. The van der Waals surface area contributed by atoms with E-state index in [0.29, 0.717) is 0 Å². The average molecular weight is 237 g/mol. The fourth-order valence-electron chi connectivity index (χ4n) is 2.23. The van der Waals surface area contributed by atoms with E-state index in [1.54, 1.807) is 0 Å². The van der Waals surface area contributed by atoms with Crippen LogP contribution in [-0.2, 0) is 0 Å². The van der Waals surface area contributed by atoms with Crippen molar-refractivity contribution in [3.63, 3.8) is 0 Å². The number of hydrogen-bond acceptors (Lipinski definition) is 2. The Balaban J connectivity index is 2.06. The van der Waals surface area contributed by atoms with Crippen molar-refractivity contribution in [1.82, 2.24) is 4.98 Å². The van der Waals surface area contributed by atoms with E-state index < -0.39 is 0 Å². The average Bonchev–Trinajstić information content (AvgIpc) is 2.82. The Morgan fingerprint density at radius 3 is 2.44 bits per heavy atom. The highest BCUT2D eigenvalue weighted by molar-refractivity contribution is 5.84. The zero-order chi connectivity index (χ0) is 12.5. The summed E-state index contributed by atoms with van der Waals surface area (Å²) in [7, 11) is 0. The van der Waals surface area contributed by atoms with E-state index >= 15 is 0 Å². The molecule has 2 aromatic carbocycles. The molecule has 0 amide bonds. The second-order valence-corrected chi connectivity index (χ2v) is 4.43. The van der Waals surface area contributed by atoms with E-state index in [9.17, 15) is 0 Å². The first-order chi connectivity index (χ1) is 8.75. The van der Waals surface area contributed by atoms with Gasteiger partial charge in [0.15, 0.2) is 0 Å². The molecule has 3 aromatic rings. The number of nitrogen functional groups attached to an aromatic ring is 1. The fraction of sp³-hybridized carbons (Fsp3) is 0.0667. The molecule has 3 nitrogen and oxygen atoms in total. The lowest BCUT2D eigenvalue weighted by molar-refractivity contribution is 0.880. The van der Waals surface area contributed by atoms with Gasteiger partial charge in [-0.2, -0.15) is 0 Å². The minimum absolute atomic E-state index is 0.137. The fourth-order valence-corrected chi connectivity index (χ4v) is 2.23. The van der Waals surface area contributed by atoms with Crippen LogP contribution in [0.25, 0.3) is 10.9 Å². The second-order valence-electron chi connectivity index (χ2n) is 4.43. The molecule has 1 atom stereocenters. The molecule has 90 valence electrons. The van der Waals surface area contributed by atoms with Crippen molar-refractivity contribution < 1.29 is 0 Å². The van der Waals surface area contributed by atoms with Crippen LogP contribution in [0.1, 0.15) is 17.2 Å². The number of fused-ring (bicyclic) bond motifs is 1. The summed E-state index contributed by atoms with van der Waals surface area (Å²) < 4.78 is 0. The van der Waals surface area contributed by atoms with Gasteiger partial charge in [0, 0.05) is 22.8 Å². The molecule has 3 heteroatoms. The van der Waals surface area contributed by atoms with Crippen molar-refractivity contribution >= 4 is 16.6 Å². The van der Waals surface area contributed by atoms with Crippen LogP contribution in [0.15, 0.2) is 54.7 Å². The molecule has 0 spiro atoms. The maximum atomic E-state index is 6.32. The second kappa shape index (κ2) is 4.20. The number of H-pyrrole nitrogens is 1. The normalized spacial score (nSPS) is 12.7. The van der Waals surface area contributed by atoms with Gasteiger partial charge in [-0.15, -0.1) is 0 Å². The van der Waals surface area contributed by atoms with Gasteiger partial charge in [-0.05, 0) is 29.3 Å². The summed E-state index contributed by atoms with van der Waals surface area (Å²) in [5.74, 6) is 0. The number of para-hydroxylation sites is 1. The van der Waals surface area contributed by atoms with Crippen LogP contribution >= 0.6 is 0 Å². The molecule has 0 saturated heterocycles. The first-order valence-corrected chi connectivity index (χ1v) is 5.93. The zero-order valence-electron chi connectivity index (χ0n) is 9.93. The van der Waals surface area contributed by atoms with E-state index in [1.165, 1.54) is 5.39 Å². The molecule has 5 N–H and O–H groups in total. The predicted molar refractivity (Wildman–Crippen MR) is 75.2 cm³/mol. The number of anilines is 1. The minimum Gasteiger partial charge on any atom is -0.399 e. The topological polar surface area (TPSA) is 67.8 Å². The Morgan fingerprint density at radius 2 is 1.67 bits per heavy atom. The third-order valence-electron chi connectivity index (χ3n) is 3.25. The van der Waals surface area contributed by atoms with Crippen LogP contribution in [0.4, 0.5) is 5.69 Å². The quantitative estimate of drug-likeness (QED) is 0.600. The van der Waals surface area contributed by atoms with Crippen molar-refractivity contribution in [2.45, 2.75) is 6.04 Å². The summed E-state index contributed by atoms with van der Waals surface area (Å²) in [6.07, 6.45) is 1.98. The maximum absolute atomic E-state index is 6.32. The van der Waals surface area contributed by atoms with E-state index in [1.807, 2.05) is 42.6 Å². The van der Waals surface area contributed by atoms with Crippen LogP contribution in [0.5, 0.6) is 0 Å². The number of aromatic amines is 1. The lowest BCUT2D eigenvalue weighted by Gasteiger charge is -2.11. The molecule has 0 aliphatic rings. The highest BCUT2D eigenvalue weighted by atomic mass is 14.7. The summed E-state index contributed by atoms with van der Waals surface area (Å²) >= 11 is 0. The molecular weight excluding hydrogens is 222 g/mol. The summed E-state index contributed by atoms with van der Waals surface area (Å²) in [5, 5.41) is 1.17. The van der Waals surface area contributed by atoms with E-state index in [0.717, 1.165) is 22.3 Å². The highest BCUT2D eigenvalue weighted by Crippen LogP contribution is 2.27. The Hall–Kier alpha value is -2.26. The molecular formula is C15H15N3. The first kappa shape index (κ1) is 10.9. The number of rotatable bonds is 2. The first-order valence-electron chi connectivity index (χ1n) is 5.93. The van der Waals surface area contributed by atoms with Gasteiger partial charge in [0.2, 0.25) is 0 Å². The van der Waals surface area contributed by atoms with Crippen molar-refractivity contribution in [3.05, 3.63) is 65.9 Å². The maximum Gasteiger partial charge on any atom is 0.0572 e. The summed E-state index contributed by atoms with van der Waals surface area (Å²) in [6.45, 7) is 0. The van der Waals surface area contributed by atoms with Crippen LogP contribution in [0.2, 0.25) is 0 Å². The van der Waals surface area contributed by atoms with Gasteiger partial charge in [-0.25, -0.2) is 0 Å². The van der Waals surface area contributed by atoms with Crippen LogP contribution < -0.4 is 11.5 Å². The standard InChI is InChI=1S/C15H15N3/c16-11-7-5-10(6-8-11)15(17)13-9-18-14-4-2-1-3-12(13)14/h1-9,15,18H,16-17H2. The minimum atomic E-state index is -0.137. The van der Waals surface area contributed by atoms with E-state index in [4.69, 9.17) is 11.5 Å². The summed E-state index contributed by atoms with van der Waals surface area (Å²) in [6, 6.07) is 15.7. The van der Waals surface area contributed by atoms with Gasteiger partial charge < -0.3 is 16.5 Å². The zero-order valence-corrected chi connectivity index (χ0v) is 9.93. The molecule has 0 fully saturated rings. The number of aromatic nitrogens is 1. The third kappa shape index (κ3) is 1.75. The molecule has 1 aromatic heterocycles. The molecule has 0 aliphatic carbocycles. The molecule has 3 rings (SSSR count). The highest BCUT2D eigenvalue weighted by Gasteiger charge is 2.13. The molecule has 1 unspecified atom stereocenters. The molecule has 1 heterocycles. The van der Waals surface area contributed by atoms with Crippen molar-refractivity contribution in [2.75, 3.05) is 5.73 Å². The Kier molecular flexibility index (Phi) is 2.54. The van der Waals surface area contributed by atoms with Gasteiger partial charge in [0.1, 0.15) is 0 Å². The van der Waals surface area contributed by atoms with Crippen molar-refractivity contribution in [3.8, 4) is 0 Å². The number of nitrogens with one attached hydrogen (secondary N) is 1. The van der Waals surface area contributed by atoms with E-state index in [2.05, 4.69) is 17.1 Å². The molecule has 18 heavy (non-hydrogen) atoms. The third-order valence-corrected chi connectivity index (χ3v) is 3.25. The molecule has 0 radical (unpaired) electrons. The van der Waals surface area contributed by atoms with Gasteiger partial charge in [-0.1, -0.05) is 30.3 Å². The van der Waals surface area contributed by atoms with Gasteiger partial charge >= 0.3 is 0 Å². The molecule has 0 saturated carbocycles. The molecule has 0 bridgehead atoms. The monoisotopic (exact) mass is 237 g/mol. The van der Waals surface area contributed by atoms with Gasteiger partial charge in [-0.3, -0.25) is 0 Å². The number of nitrogens with two attached hydrogens (primary N) is 2. The lowest BCUT2D eigenvalue weighted by Crippen LogP contribution is -2.11. The van der Waals surface area contributed by atoms with Crippen LogP contribution in [-0.4, -0.2) is 4.98 Å². The summed E-state index contributed by atoms with van der Waals surface area (Å²) in [4.78, 5) is 3.25. The van der Waals surface area contributed by atoms with Crippen LogP contribution in [0.3, 0.4) is 0 Å². The van der Waals surface area contributed by atoms with Gasteiger partial charge in [0.25, 0.3) is 0 Å². The summed E-state index contributed by atoms with van der Waals surface area (Å²) in [5.41, 5.74) is 16.0. The number of benzene rings is 2.